The molecule has 0 aliphatic heterocycles. The largest absolute Gasteiger partial charge is 0.362 e. The summed E-state index contributed by atoms with van der Waals surface area (Å²) >= 11 is 0. The van der Waals surface area contributed by atoms with Gasteiger partial charge in [-0.05, 0) is 27.7 Å². The molecule has 0 aromatic heterocycles. The van der Waals surface area contributed by atoms with Gasteiger partial charge in [0.25, 0.3) is 5.92 Å². The first kappa shape index (κ1) is 12.7. The standard InChI is InChI=1S/C8H14F4O/c1-6(2,3)13-8(11,12)5-7(4,9)10/h5H2,1-4H3. The molecular weight excluding hydrogens is 188 g/mol. The summed E-state index contributed by atoms with van der Waals surface area (Å²) in [5.74, 6) is -3.42. The number of ether oxygens (including phenoxy) is 1. The molecule has 80 valence electrons. The molecule has 0 saturated carbocycles. The number of halogens is 4. The maximum absolute atomic E-state index is 12.7. The van der Waals surface area contributed by atoms with Crippen molar-refractivity contribution in [2.45, 2.75) is 51.7 Å². The van der Waals surface area contributed by atoms with E-state index in [1.54, 1.807) is 0 Å². The summed E-state index contributed by atoms with van der Waals surface area (Å²) < 4.78 is 54.1. The highest BCUT2D eigenvalue weighted by atomic mass is 19.3. The van der Waals surface area contributed by atoms with Crippen molar-refractivity contribution in [3.8, 4) is 0 Å². The van der Waals surface area contributed by atoms with Crippen LogP contribution in [0.4, 0.5) is 17.6 Å². The number of hydrogen-bond donors (Lipinski definition) is 0. The maximum atomic E-state index is 12.7. The van der Waals surface area contributed by atoms with Crippen LogP contribution in [0.5, 0.6) is 0 Å². The number of rotatable bonds is 3. The van der Waals surface area contributed by atoms with Gasteiger partial charge in [-0.25, -0.2) is 8.78 Å². The second-order valence-electron chi connectivity index (χ2n) is 4.10. The second-order valence-corrected chi connectivity index (χ2v) is 4.10. The predicted molar refractivity (Wildman–Crippen MR) is 41.0 cm³/mol. The molecule has 0 aliphatic rings. The highest BCUT2D eigenvalue weighted by molar-refractivity contribution is 4.70. The molecule has 0 radical (unpaired) electrons. The quantitative estimate of drug-likeness (QED) is 0.637. The lowest BCUT2D eigenvalue weighted by Gasteiger charge is -2.28. The van der Waals surface area contributed by atoms with Gasteiger partial charge in [0.05, 0.1) is 5.60 Å². The minimum absolute atomic E-state index is 0.437. The minimum atomic E-state index is -3.78. The summed E-state index contributed by atoms with van der Waals surface area (Å²) in [6.07, 6.45) is -5.37. The van der Waals surface area contributed by atoms with Gasteiger partial charge in [-0.3, -0.25) is 0 Å². The first-order chi connectivity index (χ1) is 5.41. The Hall–Kier alpha value is -0.320. The zero-order valence-electron chi connectivity index (χ0n) is 8.13. The molecule has 0 amide bonds. The number of alkyl halides is 4. The molecule has 0 atom stereocenters. The monoisotopic (exact) mass is 202 g/mol. The van der Waals surface area contributed by atoms with Gasteiger partial charge in [0.15, 0.2) is 0 Å². The van der Waals surface area contributed by atoms with Crippen LogP contribution in [0.25, 0.3) is 0 Å². The lowest BCUT2D eigenvalue weighted by atomic mass is 10.2. The lowest BCUT2D eigenvalue weighted by molar-refractivity contribution is -0.305. The van der Waals surface area contributed by atoms with Crippen molar-refractivity contribution in [1.82, 2.24) is 0 Å². The SMILES string of the molecule is CC(F)(F)CC(F)(F)OC(C)(C)C. The maximum Gasteiger partial charge on any atom is 0.362 e. The third-order valence-electron chi connectivity index (χ3n) is 0.972. The molecule has 0 spiro atoms. The Bertz CT molecular complexity index is 148. The van der Waals surface area contributed by atoms with Crippen molar-refractivity contribution in [1.29, 1.82) is 0 Å². The van der Waals surface area contributed by atoms with Crippen LogP contribution in [-0.4, -0.2) is 17.6 Å². The summed E-state index contributed by atoms with van der Waals surface area (Å²) in [7, 11) is 0. The molecule has 0 aliphatic carbocycles. The first-order valence-corrected chi connectivity index (χ1v) is 3.87. The van der Waals surface area contributed by atoms with Crippen LogP contribution in [0, 0.1) is 0 Å². The third kappa shape index (κ3) is 8.02. The molecule has 0 aromatic carbocycles. The van der Waals surface area contributed by atoms with Crippen molar-refractivity contribution in [3.05, 3.63) is 0 Å². The zero-order chi connectivity index (χ0) is 10.9. The Morgan fingerprint density at radius 3 is 1.54 bits per heavy atom. The van der Waals surface area contributed by atoms with Crippen LogP contribution in [0.15, 0.2) is 0 Å². The molecular formula is C8H14F4O. The molecule has 0 saturated heterocycles. The molecule has 13 heavy (non-hydrogen) atoms. The van der Waals surface area contributed by atoms with Gasteiger partial charge in [-0.1, -0.05) is 0 Å². The van der Waals surface area contributed by atoms with E-state index in [1.807, 2.05) is 0 Å². The van der Waals surface area contributed by atoms with E-state index in [1.165, 1.54) is 20.8 Å². The third-order valence-corrected chi connectivity index (χ3v) is 0.972. The van der Waals surface area contributed by atoms with Gasteiger partial charge in [-0.2, -0.15) is 8.78 Å². The van der Waals surface area contributed by atoms with E-state index < -0.39 is 24.1 Å². The van der Waals surface area contributed by atoms with Gasteiger partial charge in [0, 0.05) is 0 Å². The van der Waals surface area contributed by atoms with E-state index in [0.717, 1.165) is 0 Å². The Kier molecular flexibility index (Phi) is 3.36. The average Bonchev–Trinajstić information content (AvgIpc) is 1.43. The fourth-order valence-electron chi connectivity index (χ4n) is 0.845. The molecule has 0 bridgehead atoms. The molecule has 0 aromatic rings. The highest BCUT2D eigenvalue weighted by Crippen LogP contribution is 2.33. The Morgan fingerprint density at radius 1 is 0.923 bits per heavy atom. The van der Waals surface area contributed by atoms with Gasteiger partial charge >= 0.3 is 6.11 Å². The second kappa shape index (κ2) is 3.44. The Morgan fingerprint density at radius 2 is 1.31 bits per heavy atom. The van der Waals surface area contributed by atoms with E-state index in [4.69, 9.17) is 0 Å². The van der Waals surface area contributed by atoms with Crippen molar-refractivity contribution >= 4 is 0 Å². The molecule has 0 unspecified atom stereocenters. The summed E-state index contributed by atoms with van der Waals surface area (Å²) in [6, 6.07) is 0. The van der Waals surface area contributed by atoms with Crippen LogP contribution in [0.1, 0.15) is 34.1 Å². The smallest absolute Gasteiger partial charge is 0.315 e. The van der Waals surface area contributed by atoms with Crippen LogP contribution < -0.4 is 0 Å². The predicted octanol–water partition coefficient (Wildman–Crippen LogP) is 3.44. The molecule has 0 fully saturated rings. The summed E-state index contributed by atoms with van der Waals surface area (Å²) in [5, 5.41) is 0. The fourth-order valence-corrected chi connectivity index (χ4v) is 0.845. The normalized spacial score (nSPS) is 14.8. The zero-order valence-corrected chi connectivity index (χ0v) is 8.13. The first-order valence-electron chi connectivity index (χ1n) is 3.87. The van der Waals surface area contributed by atoms with Crippen molar-refractivity contribution in [3.63, 3.8) is 0 Å². The topological polar surface area (TPSA) is 9.23 Å². The van der Waals surface area contributed by atoms with E-state index >= 15 is 0 Å². The number of hydrogen-bond acceptors (Lipinski definition) is 1. The van der Waals surface area contributed by atoms with Gasteiger partial charge < -0.3 is 4.74 Å². The average molecular weight is 202 g/mol. The Balaban J connectivity index is 4.25. The summed E-state index contributed by atoms with van der Waals surface area (Å²) in [4.78, 5) is 0. The van der Waals surface area contributed by atoms with Crippen molar-refractivity contribution < 1.29 is 22.3 Å². The van der Waals surface area contributed by atoms with Crippen molar-refractivity contribution in [2.24, 2.45) is 0 Å². The summed E-state index contributed by atoms with van der Waals surface area (Å²) in [6.45, 7) is 4.59. The van der Waals surface area contributed by atoms with Gasteiger partial charge in [0.2, 0.25) is 0 Å². The van der Waals surface area contributed by atoms with Crippen LogP contribution in [-0.2, 0) is 4.74 Å². The molecule has 0 heterocycles. The molecule has 1 nitrogen and oxygen atoms in total. The lowest BCUT2D eigenvalue weighted by Crippen LogP contribution is -2.36. The minimum Gasteiger partial charge on any atom is -0.315 e. The van der Waals surface area contributed by atoms with E-state index in [0.29, 0.717) is 6.92 Å². The van der Waals surface area contributed by atoms with E-state index in [-0.39, 0.29) is 0 Å². The Labute approximate surface area is 75.1 Å². The van der Waals surface area contributed by atoms with Crippen molar-refractivity contribution in [2.75, 3.05) is 0 Å². The van der Waals surface area contributed by atoms with E-state index in [2.05, 4.69) is 4.74 Å². The summed E-state index contributed by atoms with van der Waals surface area (Å²) in [5.41, 5.74) is -1.13. The molecule has 5 heteroatoms. The highest BCUT2D eigenvalue weighted by Gasteiger charge is 2.43. The fraction of sp³-hybridized carbons (Fsp3) is 1.00. The molecule has 0 rings (SSSR count). The van der Waals surface area contributed by atoms with Crippen LogP contribution in [0.3, 0.4) is 0 Å². The van der Waals surface area contributed by atoms with Crippen LogP contribution >= 0.6 is 0 Å². The van der Waals surface area contributed by atoms with Gasteiger partial charge in [-0.15, -0.1) is 0 Å². The van der Waals surface area contributed by atoms with Crippen LogP contribution in [0.2, 0.25) is 0 Å². The van der Waals surface area contributed by atoms with E-state index in [9.17, 15) is 17.6 Å². The molecule has 0 N–H and O–H groups in total. The van der Waals surface area contributed by atoms with Gasteiger partial charge in [0.1, 0.15) is 6.42 Å².